The maximum absolute atomic E-state index is 13.2. The minimum atomic E-state index is -4.55. The molecule has 25 heavy (non-hydrogen) atoms. The van der Waals surface area contributed by atoms with Gasteiger partial charge in [-0.2, -0.15) is 13.2 Å². The normalized spacial score (nSPS) is 27.1. The first-order valence-electron chi connectivity index (χ1n) is 7.43. The predicted octanol–water partition coefficient (Wildman–Crippen LogP) is 5.42. The van der Waals surface area contributed by atoms with Gasteiger partial charge in [-0.05, 0) is 32.0 Å². The number of thioether (sulfide) groups is 1. The molecule has 2 bridgehead atoms. The molecule has 0 spiro atoms. The Labute approximate surface area is 154 Å². The number of aromatic hydroxyl groups is 2. The quantitative estimate of drug-likeness (QED) is 0.592. The van der Waals surface area contributed by atoms with Gasteiger partial charge in [0.05, 0.1) is 20.7 Å². The van der Waals surface area contributed by atoms with Crippen molar-refractivity contribution >= 4 is 27.7 Å². The van der Waals surface area contributed by atoms with E-state index in [2.05, 4.69) is 15.9 Å². The molecule has 0 fully saturated rings. The van der Waals surface area contributed by atoms with Crippen molar-refractivity contribution in [1.82, 2.24) is 4.57 Å². The van der Waals surface area contributed by atoms with E-state index >= 15 is 0 Å². The Kier molecular flexibility index (Phi) is 3.24. The maximum atomic E-state index is 13.2. The van der Waals surface area contributed by atoms with E-state index in [-0.39, 0.29) is 21.9 Å². The third kappa shape index (κ3) is 2.13. The van der Waals surface area contributed by atoms with Gasteiger partial charge in [0.15, 0.2) is 0 Å². The van der Waals surface area contributed by atoms with Crippen molar-refractivity contribution in [3.8, 4) is 17.4 Å². The minimum absolute atomic E-state index is 0.0523. The van der Waals surface area contributed by atoms with E-state index in [0.717, 1.165) is 10.6 Å². The van der Waals surface area contributed by atoms with Gasteiger partial charge >= 0.3 is 6.18 Å². The summed E-state index contributed by atoms with van der Waals surface area (Å²) < 4.78 is 39.5. The van der Waals surface area contributed by atoms with E-state index in [4.69, 9.17) is 0 Å². The minimum Gasteiger partial charge on any atom is -0.494 e. The van der Waals surface area contributed by atoms with Gasteiger partial charge in [0.2, 0.25) is 11.8 Å². The van der Waals surface area contributed by atoms with E-state index in [0.29, 0.717) is 11.1 Å². The number of hydrogen-bond donors (Lipinski definition) is 2. The van der Waals surface area contributed by atoms with Crippen LogP contribution in [0.3, 0.4) is 0 Å². The summed E-state index contributed by atoms with van der Waals surface area (Å²) in [6.45, 7) is 3.83. The number of benzene rings is 1. The van der Waals surface area contributed by atoms with Gasteiger partial charge in [-0.25, -0.2) is 0 Å². The molecule has 0 amide bonds. The van der Waals surface area contributed by atoms with Crippen molar-refractivity contribution in [2.24, 2.45) is 0 Å². The van der Waals surface area contributed by atoms with Gasteiger partial charge in [-0.15, -0.1) is 11.8 Å². The molecule has 0 aliphatic carbocycles. The Bertz CT molecular complexity index is 911. The molecule has 8 heteroatoms. The average Bonchev–Trinajstić information content (AvgIpc) is 3.04. The Morgan fingerprint density at radius 3 is 2.04 bits per heavy atom. The van der Waals surface area contributed by atoms with Crippen molar-refractivity contribution in [1.29, 1.82) is 0 Å². The highest BCUT2D eigenvalue weighted by Gasteiger charge is 2.55. The molecular weight excluding hydrogens is 419 g/mol. The van der Waals surface area contributed by atoms with E-state index in [1.807, 2.05) is 26.0 Å². The summed E-state index contributed by atoms with van der Waals surface area (Å²) in [6.07, 6.45) is -0.650. The molecule has 2 aromatic rings. The molecule has 4 rings (SSSR count). The molecule has 1 aromatic carbocycles. The fourth-order valence-corrected chi connectivity index (χ4v) is 5.91. The van der Waals surface area contributed by atoms with Gasteiger partial charge < -0.3 is 10.2 Å². The van der Waals surface area contributed by atoms with E-state index in [1.165, 1.54) is 12.1 Å². The van der Waals surface area contributed by atoms with Crippen molar-refractivity contribution in [2.45, 2.75) is 29.5 Å². The first kappa shape index (κ1) is 16.9. The average molecular weight is 432 g/mol. The number of rotatable bonds is 1. The lowest BCUT2D eigenvalue weighted by Crippen LogP contribution is -2.10. The smallest absolute Gasteiger partial charge is 0.417 e. The van der Waals surface area contributed by atoms with Crippen LogP contribution in [0.1, 0.15) is 30.5 Å². The van der Waals surface area contributed by atoms with Crippen LogP contribution in [0.4, 0.5) is 13.2 Å². The van der Waals surface area contributed by atoms with Gasteiger partial charge in [0.1, 0.15) is 0 Å². The summed E-state index contributed by atoms with van der Waals surface area (Å²) >= 11 is 4.48. The lowest BCUT2D eigenvalue weighted by Gasteiger charge is -2.20. The molecule has 0 radical (unpaired) electrons. The Morgan fingerprint density at radius 2 is 1.56 bits per heavy atom. The first-order valence-corrected chi connectivity index (χ1v) is 9.04. The molecule has 1 aromatic heterocycles. The molecule has 3 nitrogen and oxygen atoms in total. The summed E-state index contributed by atoms with van der Waals surface area (Å²) in [7, 11) is 0. The van der Waals surface area contributed by atoms with E-state index in [1.54, 1.807) is 11.8 Å². The van der Waals surface area contributed by atoms with Crippen molar-refractivity contribution in [3.63, 3.8) is 0 Å². The van der Waals surface area contributed by atoms with Crippen molar-refractivity contribution in [2.75, 3.05) is 0 Å². The van der Waals surface area contributed by atoms with Crippen LogP contribution in [0.5, 0.6) is 11.8 Å². The topological polar surface area (TPSA) is 45.4 Å². The van der Waals surface area contributed by atoms with Crippen LogP contribution in [0.2, 0.25) is 0 Å². The van der Waals surface area contributed by atoms with Crippen molar-refractivity contribution < 1.29 is 23.4 Å². The molecule has 0 saturated heterocycles. The van der Waals surface area contributed by atoms with Crippen LogP contribution >= 0.6 is 27.7 Å². The van der Waals surface area contributed by atoms with Crippen LogP contribution < -0.4 is 0 Å². The highest BCUT2D eigenvalue weighted by molar-refractivity contribution is 9.10. The molecule has 2 aliphatic heterocycles. The van der Waals surface area contributed by atoms with Crippen LogP contribution in [-0.4, -0.2) is 14.8 Å². The zero-order valence-electron chi connectivity index (χ0n) is 13.1. The van der Waals surface area contributed by atoms with Gasteiger partial charge in [0, 0.05) is 15.6 Å². The Balaban J connectivity index is 1.97. The summed E-state index contributed by atoms with van der Waals surface area (Å²) in [5.74, 6) is -0.461. The Morgan fingerprint density at radius 1 is 1.04 bits per heavy atom. The summed E-state index contributed by atoms with van der Waals surface area (Å²) in [4.78, 5) is 0. The molecule has 2 aliphatic rings. The lowest BCUT2D eigenvalue weighted by atomic mass is 9.86. The van der Waals surface area contributed by atoms with Crippen LogP contribution in [-0.2, 0) is 15.7 Å². The van der Waals surface area contributed by atoms with Crippen LogP contribution in [0.15, 0.2) is 34.8 Å². The maximum Gasteiger partial charge on any atom is 0.417 e. The third-order valence-corrected chi connectivity index (χ3v) is 6.99. The van der Waals surface area contributed by atoms with Crippen LogP contribution in [0.25, 0.3) is 5.69 Å². The number of nitrogens with zero attached hydrogens (tertiary/aromatic N) is 1. The van der Waals surface area contributed by atoms with Gasteiger partial charge in [-0.1, -0.05) is 28.1 Å². The molecule has 2 atom stereocenters. The number of halogens is 4. The summed E-state index contributed by atoms with van der Waals surface area (Å²) in [5.41, 5.74) is 0.287. The molecular formula is C17H13BrF3NO2S. The standard InChI is InChI=1S/C17H13BrF3NO2S/c1-15-5-6-16(2,25-15)12-11(15)13(23)22(14(12)24)8-3-4-10(18)9(7-8)17(19,20)21/h3-7,23-24H,1-2H3. The number of aromatic nitrogens is 1. The largest absolute Gasteiger partial charge is 0.494 e. The second kappa shape index (κ2) is 4.79. The first-order chi connectivity index (χ1) is 11.5. The van der Waals surface area contributed by atoms with Crippen molar-refractivity contribution in [3.05, 3.63) is 51.5 Å². The third-order valence-electron chi connectivity index (χ3n) is 4.77. The zero-order valence-corrected chi connectivity index (χ0v) is 15.6. The second-order valence-electron chi connectivity index (χ2n) is 6.54. The zero-order chi connectivity index (χ0) is 18.4. The number of alkyl halides is 3. The lowest BCUT2D eigenvalue weighted by molar-refractivity contribution is -0.138. The monoisotopic (exact) mass is 431 g/mol. The molecule has 2 N–H and O–H groups in total. The summed E-state index contributed by atoms with van der Waals surface area (Å²) in [5, 5.41) is 21.4. The summed E-state index contributed by atoms with van der Waals surface area (Å²) in [6, 6.07) is 3.58. The highest BCUT2D eigenvalue weighted by atomic mass is 79.9. The number of hydrogen-bond acceptors (Lipinski definition) is 3. The van der Waals surface area contributed by atoms with Crippen LogP contribution in [0, 0.1) is 0 Å². The fourth-order valence-electron chi connectivity index (χ4n) is 3.70. The fraction of sp³-hybridized carbons (Fsp3) is 0.294. The predicted molar refractivity (Wildman–Crippen MR) is 93.2 cm³/mol. The van der Waals surface area contributed by atoms with E-state index in [9.17, 15) is 23.4 Å². The van der Waals surface area contributed by atoms with Gasteiger partial charge in [-0.3, -0.25) is 4.57 Å². The van der Waals surface area contributed by atoms with E-state index < -0.39 is 21.2 Å². The second-order valence-corrected chi connectivity index (χ2v) is 9.30. The Hall–Kier alpha value is -1.54. The highest BCUT2D eigenvalue weighted by Crippen LogP contribution is 2.69. The van der Waals surface area contributed by atoms with Gasteiger partial charge in [0.25, 0.3) is 0 Å². The molecule has 3 heterocycles. The molecule has 0 saturated carbocycles. The molecule has 2 unspecified atom stereocenters. The number of fused-ring (bicyclic) bond motifs is 5. The SMILES string of the molecule is CC12C=CC(C)(S1)c1c2c(O)n(-c2ccc(Br)c(C(F)(F)F)c2)c1O. The molecule has 132 valence electrons.